The van der Waals surface area contributed by atoms with Gasteiger partial charge in [0.1, 0.15) is 0 Å². The van der Waals surface area contributed by atoms with Crippen molar-refractivity contribution in [3.05, 3.63) is 174 Å². The van der Waals surface area contributed by atoms with E-state index < -0.39 is 0 Å². The highest BCUT2D eigenvalue weighted by Crippen LogP contribution is 2.41. The van der Waals surface area contributed by atoms with Crippen LogP contribution in [0.25, 0.3) is 72.4 Å². The first kappa shape index (κ1) is 30.9. The van der Waals surface area contributed by atoms with Crippen LogP contribution >= 0.6 is 0 Å². The molecule has 5 heteroatoms. The average Bonchev–Trinajstić information content (AvgIpc) is 3.67. The zero-order valence-electron chi connectivity index (χ0n) is 27.8. The van der Waals surface area contributed by atoms with E-state index in [1.807, 2.05) is 84.9 Å². The van der Waals surface area contributed by atoms with Crippen molar-refractivity contribution >= 4 is 38.8 Å². The molecule has 0 fully saturated rings. The second kappa shape index (κ2) is 12.6. The van der Waals surface area contributed by atoms with Crippen LogP contribution in [0.4, 0.5) is 0 Å². The smallest absolute Gasteiger partial charge is 0.0998 e. The summed E-state index contributed by atoms with van der Waals surface area (Å²) in [6, 6.07) is 51.8. The topological polar surface area (TPSA) is 81.2 Å². The maximum absolute atomic E-state index is 10.5. The number of para-hydroxylation sites is 3. The Hall–Kier alpha value is -7.39. The van der Waals surface area contributed by atoms with E-state index in [1.54, 1.807) is 6.08 Å². The number of hydrogen-bond donors (Lipinski definition) is 0. The van der Waals surface area contributed by atoms with Crippen molar-refractivity contribution < 1.29 is 0 Å². The molecule has 0 bridgehead atoms. The van der Waals surface area contributed by atoms with Crippen LogP contribution in [0.1, 0.15) is 22.4 Å². The Morgan fingerprint density at radius 1 is 0.588 bits per heavy atom. The third kappa shape index (κ3) is 5.08. The molecule has 0 aliphatic heterocycles. The number of hydrogen-bond acceptors (Lipinski definition) is 3. The van der Waals surface area contributed by atoms with Crippen molar-refractivity contribution in [2.45, 2.75) is 6.92 Å². The average molecular weight is 652 g/mol. The fraction of sp³-hybridized carbons (Fsp3) is 0.0217. The number of nitriles is 3. The Morgan fingerprint density at radius 2 is 1.22 bits per heavy atom. The molecule has 2 heterocycles. The first-order valence-corrected chi connectivity index (χ1v) is 16.6. The third-order valence-corrected chi connectivity index (χ3v) is 9.60. The second-order valence-corrected chi connectivity index (χ2v) is 12.4. The molecule has 2 aromatic heterocycles. The normalized spacial score (nSPS) is 11.2. The Bertz CT molecular complexity index is 2880. The first-order chi connectivity index (χ1) is 25.0. The van der Waals surface area contributed by atoms with E-state index in [4.69, 9.17) is 0 Å². The van der Waals surface area contributed by atoms with Crippen molar-refractivity contribution in [3.8, 4) is 51.8 Å². The Kier molecular flexibility index (Phi) is 7.62. The predicted molar refractivity (Wildman–Crippen MR) is 206 cm³/mol. The number of nitrogens with zero attached hydrogens (tertiary/aromatic N) is 5. The summed E-state index contributed by atoms with van der Waals surface area (Å²) in [5.41, 5.74) is 12.3. The largest absolute Gasteiger partial charge is 0.310 e. The van der Waals surface area contributed by atoms with Crippen LogP contribution in [0.3, 0.4) is 0 Å². The fourth-order valence-electron chi connectivity index (χ4n) is 7.26. The van der Waals surface area contributed by atoms with Crippen LogP contribution in [0.15, 0.2) is 152 Å². The molecule has 0 atom stereocenters. The van der Waals surface area contributed by atoms with Gasteiger partial charge >= 0.3 is 0 Å². The van der Waals surface area contributed by atoms with Crippen LogP contribution in [0.5, 0.6) is 0 Å². The monoisotopic (exact) mass is 651 g/mol. The summed E-state index contributed by atoms with van der Waals surface area (Å²) in [4.78, 5) is 0. The quantitative estimate of drug-likeness (QED) is 0.132. The minimum Gasteiger partial charge on any atom is -0.310 e. The van der Waals surface area contributed by atoms with Crippen molar-refractivity contribution in [3.63, 3.8) is 0 Å². The van der Waals surface area contributed by atoms with Gasteiger partial charge in [0.25, 0.3) is 0 Å². The van der Waals surface area contributed by atoms with Gasteiger partial charge in [-0.25, -0.2) is 0 Å². The van der Waals surface area contributed by atoms with Crippen molar-refractivity contribution in [2.24, 2.45) is 0 Å². The molecule has 238 valence electrons. The molecule has 51 heavy (non-hydrogen) atoms. The molecule has 6 aromatic carbocycles. The number of aryl methyl sites for hydroxylation is 1. The van der Waals surface area contributed by atoms with Gasteiger partial charge in [-0.05, 0) is 90.4 Å². The molecule has 0 amide bonds. The second-order valence-electron chi connectivity index (χ2n) is 12.4. The molecule has 8 aromatic rings. The maximum atomic E-state index is 10.5. The summed E-state index contributed by atoms with van der Waals surface area (Å²) in [5.74, 6) is 0. The standard InChI is InChI=1S/C46H29N5/c1-30(27-47)19-23-42-31(2)35-11-5-8-16-43(35)50(42)34-22-21-33(29-49)40(26-34)37-13-4-3-12-36(37)38-14-6-9-17-44(38)51-45-18-10-7-15-39(45)41-25-32(28-48)20-24-46(41)51/h3-26H,1H2,2H3/b23-19-. The number of benzene rings is 6. The van der Waals surface area contributed by atoms with E-state index in [-0.39, 0.29) is 0 Å². The Balaban J connectivity index is 1.37. The maximum Gasteiger partial charge on any atom is 0.0998 e. The van der Waals surface area contributed by atoms with Gasteiger partial charge in [-0.15, -0.1) is 0 Å². The molecule has 0 saturated heterocycles. The molecule has 8 rings (SSSR count). The molecule has 0 unspecified atom stereocenters. The Labute approximate surface area is 295 Å². The molecule has 5 nitrogen and oxygen atoms in total. The first-order valence-electron chi connectivity index (χ1n) is 16.6. The highest BCUT2D eigenvalue weighted by molar-refractivity contribution is 6.10. The van der Waals surface area contributed by atoms with E-state index in [1.165, 1.54) is 0 Å². The number of rotatable bonds is 6. The molecule has 0 radical (unpaired) electrons. The summed E-state index contributed by atoms with van der Waals surface area (Å²) in [5, 5.41) is 32.7. The minimum atomic E-state index is 0.369. The van der Waals surface area contributed by atoms with Crippen LogP contribution < -0.4 is 0 Å². The number of allylic oxidation sites excluding steroid dienone is 2. The van der Waals surface area contributed by atoms with Gasteiger partial charge < -0.3 is 9.13 Å². The molecule has 0 aliphatic rings. The lowest BCUT2D eigenvalue weighted by Gasteiger charge is -2.18. The summed E-state index contributed by atoms with van der Waals surface area (Å²) < 4.78 is 4.45. The van der Waals surface area contributed by atoms with Gasteiger partial charge in [0.05, 0.1) is 51.6 Å². The summed E-state index contributed by atoms with van der Waals surface area (Å²) in [6.07, 6.45) is 3.68. The lowest BCUT2D eigenvalue weighted by molar-refractivity contribution is 1.10. The minimum absolute atomic E-state index is 0.369. The van der Waals surface area contributed by atoms with Crippen LogP contribution in [0.2, 0.25) is 0 Å². The van der Waals surface area contributed by atoms with Gasteiger partial charge in [-0.2, -0.15) is 15.8 Å². The highest BCUT2D eigenvalue weighted by atomic mass is 15.0. The zero-order chi connectivity index (χ0) is 35.1. The molecule has 0 saturated carbocycles. The number of fused-ring (bicyclic) bond motifs is 4. The summed E-state index contributed by atoms with van der Waals surface area (Å²) in [7, 11) is 0. The third-order valence-electron chi connectivity index (χ3n) is 9.60. The number of aromatic nitrogens is 2. The fourth-order valence-corrected chi connectivity index (χ4v) is 7.26. The van der Waals surface area contributed by atoms with Crippen LogP contribution in [-0.2, 0) is 0 Å². The van der Waals surface area contributed by atoms with Crippen LogP contribution in [-0.4, -0.2) is 9.13 Å². The van der Waals surface area contributed by atoms with Gasteiger partial charge in [0, 0.05) is 44.2 Å². The van der Waals surface area contributed by atoms with E-state index in [2.05, 4.69) is 95.4 Å². The zero-order valence-corrected chi connectivity index (χ0v) is 27.8. The lowest BCUT2D eigenvalue weighted by atomic mass is 9.91. The molecular formula is C46H29N5. The van der Waals surface area contributed by atoms with Gasteiger partial charge in [-0.3, -0.25) is 0 Å². The van der Waals surface area contributed by atoms with E-state index in [0.29, 0.717) is 16.7 Å². The highest BCUT2D eigenvalue weighted by Gasteiger charge is 2.20. The predicted octanol–water partition coefficient (Wildman–Crippen LogP) is 11.2. The van der Waals surface area contributed by atoms with Gasteiger partial charge in [0.15, 0.2) is 0 Å². The lowest BCUT2D eigenvalue weighted by Crippen LogP contribution is -2.00. The van der Waals surface area contributed by atoms with Crippen molar-refractivity contribution in [1.29, 1.82) is 15.8 Å². The molecule has 0 N–H and O–H groups in total. The summed E-state index contributed by atoms with van der Waals surface area (Å²) >= 11 is 0. The molecule has 0 aliphatic carbocycles. The Morgan fingerprint density at radius 3 is 1.94 bits per heavy atom. The van der Waals surface area contributed by atoms with Crippen molar-refractivity contribution in [2.75, 3.05) is 0 Å². The van der Waals surface area contributed by atoms with E-state index >= 15 is 0 Å². The SMILES string of the molecule is C=C(C#N)/C=C\c1c(C)c2ccccc2n1-c1ccc(C#N)c(-c2ccccc2-c2ccccc2-n2c3ccccc3c3cc(C#N)ccc32)c1. The van der Waals surface area contributed by atoms with E-state index in [9.17, 15) is 15.8 Å². The summed E-state index contributed by atoms with van der Waals surface area (Å²) in [6.45, 7) is 5.93. The molecule has 0 spiro atoms. The van der Waals surface area contributed by atoms with Gasteiger partial charge in [-0.1, -0.05) is 85.4 Å². The van der Waals surface area contributed by atoms with Crippen LogP contribution in [0, 0.1) is 40.9 Å². The van der Waals surface area contributed by atoms with Gasteiger partial charge in [0.2, 0.25) is 0 Å². The molecular weight excluding hydrogens is 623 g/mol. The van der Waals surface area contributed by atoms with Crippen molar-refractivity contribution in [1.82, 2.24) is 9.13 Å². The van der Waals surface area contributed by atoms with E-state index in [0.717, 1.165) is 77.6 Å².